The van der Waals surface area contributed by atoms with E-state index in [1.165, 1.54) is 0 Å². The monoisotopic (exact) mass is 304 g/mol. The van der Waals surface area contributed by atoms with Crippen LogP contribution in [-0.2, 0) is 20.7 Å². The van der Waals surface area contributed by atoms with Crippen molar-refractivity contribution in [3.05, 3.63) is 35.9 Å². The normalized spacial score (nSPS) is 19.5. The van der Waals surface area contributed by atoms with Crippen molar-refractivity contribution < 1.29 is 14.3 Å². The molecule has 1 N–H and O–H groups in total. The zero-order valence-electron chi connectivity index (χ0n) is 13.4. The number of ether oxygens (including phenoxy) is 1. The lowest BCUT2D eigenvalue weighted by Gasteiger charge is -2.22. The average molecular weight is 304 g/mol. The van der Waals surface area contributed by atoms with Gasteiger partial charge >= 0.3 is 5.97 Å². The first-order chi connectivity index (χ1) is 10.5. The summed E-state index contributed by atoms with van der Waals surface area (Å²) in [4.78, 5) is 26.0. The number of benzene rings is 1. The van der Waals surface area contributed by atoms with E-state index in [1.807, 2.05) is 44.2 Å². The van der Waals surface area contributed by atoms with Crippen LogP contribution in [0, 0.1) is 5.92 Å². The van der Waals surface area contributed by atoms with Crippen LogP contribution in [0.5, 0.6) is 0 Å². The molecule has 1 aliphatic rings. The van der Waals surface area contributed by atoms with Gasteiger partial charge in [-0.15, -0.1) is 0 Å². The van der Waals surface area contributed by atoms with Gasteiger partial charge in [0, 0.05) is 0 Å². The minimum absolute atomic E-state index is 0.0437. The predicted molar refractivity (Wildman–Crippen MR) is 84.0 cm³/mol. The quantitative estimate of drug-likeness (QED) is 0.811. The molecule has 0 bridgehead atoms. The molecule has 0 radical (unpaired) electrons. The second kappa shape index (κ2) is 7.40. The molecule has 0 aromatic heterocycles. The van der Waals surface area contributed by atoms with Crippen LogP contribution in [-0.4, -0.2) is 42.1 Å². The second-order valence-electron chi connectivity index (χ2n) is 6.11. The number of amides is 1. The molecule has 0 aliphatic carbocycles. The maximum Gasteiger partial charge on any atom is 0.328 e. The fourth-order valence-electron chi connectivity index (χ4n) is 2.41. The van der Waals surface area contributed by atoms with E-state index in [0.717, 1.165) is 5.56 Å². The van der Waals surface area contributed by atoms with E-state index in [1.54, 1.807) is 11.8 Å². The van der Waals surface area contributed by atoms with Crippen LogP contribution < -0.4 is 5.32 Å². The third-order valence-electron chi connectivity index (χ3n) is 3.74. The van der Waals surface area contributed by atoms with E-state index in [4.69, 9.17) is 4.74 Å². The Labute approximate surface area is 131 Å². The number of carbonyl (C=O) groups excluding carboxylic acids is 2. The van der Waals surface area contributed by atoms with Crippen molar-refractivity contribution >= 4 is 11.9 Å². The minimum Gasteiger partial charge on any atom is -0.464 e. The second-order valence-corrected chi connectivity index (χ2v) is 6.11. The van der Waals surface area contributed by atoms with Crippen LogP contribution in [0.3, 0.4) is 0 Å². The van der Waals surface area contributed by atoms with Crippen LogP contribution >= 0.6 is 0 Å². The molecule has 120 valence electrons. The van der Waals surface area contributed by atoms with Gasteiger partial charge in [-0.25, -0.2) is 4.79 Å². The van der Waals surface area contributed by atoms with Crippen molar-refractivity contribution in [2.75, 3.05) is 13.3 Å². The average Bonchev–Trinajstić information content (AvgIpc) is 2.86. The van der Waals surface area contributed by atoms with Gasteiger partial charge in [-0.1, -0.05) is 44.2 Å². The zero-order chi connectivity index (χ0) is 16.1. The number of nitrogens with zero attached hydrogens (tertiary/aromatic N) is 1. The maximum atomic E-state index is 12.4. The molecule has 1 aromatic carbocycles. The Balaban J connectivity index is 1.91. The highest BCUT2D eigenvalue weighted by atomic mass is 16.5. The van der Waals surface area contributed by atoms with Gasteiger partial charge < -0.3 is 9.64 Å². The van der Waals surface area contributed by atoms with Crippen molar-refractivity contribution in [3.8, 4) is 0 Å². The van der Waals surface area contributed by atoms with E-state index in [0.29, 0.717) is 19.7 Å². The molecule has 1 saturated heterocycles. The molecular weight excluding hydrogens is 280 g/mol. The molecule has 0 spiro atoms. The number of nitrogens with one attached hydrogen (secondary N) is 1. The van der Waals surface area contributed by atoms with Gasteiger partial charge in [0.25, 0.3) is 0 Å². The van der Waals surface area contributed by atoms with Crippen LogP contribution in [0.2, 0.25) is 0 Å². The van der Waals surface area contributed by atoms with E-state index in [-0.39, 0.29) is 23.8 Å². The van der Waals surface area contributed by atoms with Gasteiger partial charge in [0.2, 0.25) is 5.91 Å². The molecule has 5 nitrogen and oxygen atoms in total. The summed E-state index contributed by atoms with van der Waals surface area (Å²) in [5, 5.41) is 3.17. The van der Waals surface area contributed by atoms with Crippen molar-refractivity contribution in [2.45, 2.75) is 39.3 Å². The number of rotatable bonds is 6. The van der Waals surface area contributed by atoms with E-state index in [2.05, 4.69) is 5.32 Å². The first kappa shape index (κ1) is 16.5. The molecule has 1 fully saturated rings. The number of hydrogen-bond acceptors (Lipinski definition) is 4. The maximum absolute atomic E-state index is 12.4. The first-order valence-corrected chi connectivity index (χ1v) is 7.73. The number of hydrogen-bond donors (Lipinski definition) is 1. The Morgan fingerprint density at radius 3 is 2.64 bits per heavy atom. The first-order valence-electron chi connectivity index (χ1n) is 7.73. The van der Waals surface area contributed by atoms with E-state index in [9.17, 15) is 9.59 Å². The Bertz CT molecular complexity index is 516. The SMILES string of the molecule is CC(C)COC(=O)C(C)N1CN[C@@H](Cc2ccccc2)C1=O. The summed E-state index contributed by atoms with van der Waals surface area (Å²) in [5.74, 6) is -0.101. The van der Waals surface area contributed by atoms with Crippen LogP contribution in [0.4, 0.5) is 0 Å². The summed E-state index contributed by atoms with van der Waals surface area (Å²) in [5.41, 5.74) is 1.10. The summed E-state index contributed by atoms with van der Waals surface area (Å²) >= 11 is 0. The Morgan fingerprint density at radius 1 is 1.32 bits per heavy atom. The molecule has 1 aliphatic heterocycles. The molecular formula is C17H24N2O3. The Morgan fingerprint density at radius 2 is 2.00 bits per heavy atom. The van der Waals surface area contributed by atoms with Crippen molar-refractivity contribution in [1.82, 2.24) is 10.2 Å². The molecule has 0 saturated carbocycles. The highest BCUT2D eigenvalue weighted by Crippen LogP contribution is 2.14. The lowest BCUT2D eigenvalue weighted by molar-refractivity contribution is -0.154. The molecule has 5 heteroatoms. The smallest absolute Gasteiger partial charge is 0.328 e. The topological polar surface area (TPSA) is 58.6 Å². The highest BCUT2D eigenvalue weighted by molar-refractivity contribution is 5.89. The van der Waals surface area contributed by atoms with Crippen molar-refractivity contribution in [1.29, 1.82) is 0 Å². The molecule has 1 aromatic rings. The third kappa shape index (κ3) is 4.07. The van der Waals surface area contributed by atoms with E-state index < -0.39 is 6.04 Å². The van der Waals surface area contributed by atoms with Gasteiger partial charge in [0.05, 0.1) is 19.3 Å². The van der Waals surface area contributed by atoms with Crippen LogP contribution in [0.1, 0.15) is 26.3 Å². The lowest BCUT2D eigenvalue weighted by atomic mass is 10.1. The minimum atomic E-state index is -0.556. The van der Waals surface area contributed by atoms with Gasteiger partial charge in [0.15, 0.2) is 0 Å². The molecule has 2 rings (SSSR count). The number of esters is 1. The van der Waals surface area contributed by atoms with Crippen molar-refractivity contribution in [2.24, 2.45) is 5.92 Å². The van der Waals surface area contributed by atoms with Gasteiger partial charge in [0.1, 0.15) is 6.04 Å². The predicted octanol–water partition coefficient (Wildman–Crippen LogP) is 1.57. The third-order valence-corrected chi connectivity index (χ3v) is 3.74. The Kier molecular flexibility index (Phi) is 5.55. The lowest BCUT2D eigenvalue weighted by Crippen LogP contribution is -2.43. The van der Waals surface area contributed by atoms with Gasteiger partial charge in [-0.05, 0) is 24.8 Å². The summed E-state index contributed by atoms with van der Waals surface area (Å²) in [6.07, 6.45) is 0.629. The Hall–Kier alpha value is -1.88. The standard InChI is InChI=1S/C17H24N2O3/c1-12(2)10-22-17(21)13(3)19-11-18-15(16(19)20)9-14-7-5-4-6-8-14/h4-8,12-13,15,18H,9-11H2,1-3H3/t13?,15-/m0/s1. The van der Waals surface area contributed by atoms with Crippen LogP contribution in [0.15, 0.2) is 30.3 Å². The van der Waals surface area contributed by atoms with Crippen molar-refractivity contribution in [3.63, 3.8) is 0 Å². The molecule has 22 heavy (non-hydrogen) atoms. The fourth-order valence-corrected chi connectivity index (χ4v) is 2.41. The molecule has 1 unspecified atom stereocenters. The zero-order valence-corrected chi connectivity index (χ0v) is 13.4. The summed E-state index contributed by atoms with van der Waals surface area (Å²) in [7, 11) is 0. The molecule has 1 heterocycles. The highest BCUT2D eigenvalue weighted by Gasteiger charge is 2.37. The molecule has 1 amide bonds. The fraction of sp³-hybridized carbons (Fsp3) is 0.529. The number of carbonyl (C=O) groups is 2. The van der Waals surface area contributed by atoms with Gasteiger partial charge in [-0.3, -0.25) is 10.1 Å². The van der Waals surface area contributed by atoms with Gasteiger partial charge in [-0.2, -0.15) is 0 Å². The largest absolute Gasteiger partial charge is 0.464 e. The molecule has 2 atom stereocenters. The van der Waals surface area contributed by atoms with E-state index >= 15 is 0 Å². The van der Waals surface area contributed by atoms with Crippen LogP contribution in [0.25, 0.3) is 0 Å². The summed E-state index contributed by atoms with van der Waals surface area (Å²) in [6, 6.07) is 9.03. The summed E-state index contributed by atoms with van der Waals surface area (Å²) < 4.78 is 5.22. The summed E-state index contributed by atoms with van der Waals surface area (Å²) in [6.45, 7) is 6.44.